The Morgan fingerprint density at radius 1 is 1.19 bits per heavy atom. The Morgan fingerprint density at radius 3 is 2.57 bits per heavy atom. The van der Waals surface area contributed by atoms with Crippen LogP contribution in [0.2, 0.25) is 0 Å². The summed E-state index contributed by atoms with van der Waals surface area (Å²) < 4.78 is 28.4. The molecule has 0 bridgehead atoms. The molecule has 3 N–H and O–H groups in total. The molecule has 0 fully saturated rings. The Kier molecular flexibility index (Phi) is 5.23. The molecule has 0 radical (unpaired) electrons. The Hall–Kier alpha value is -1.12. The first kappa shape index (κ1) is 16.3. The molecule has 0 aliphatic rings. The molecule has 4 nitrogen and oxygen atoms in total. The van der Waals surface area contributed by atoms with Gasteiger partial charge in [-0.15, -0.1) is 0 Å². The van der Waals surface area contributed by atoms with Crippen molar-refractivity contribution in [2.45, 2.75) is 24.3 Å². The van der Waals surface area contributed by atoms with Crippen molar-refractivity contribution in [1.82, 2.24) is 0 Å². The molecule has 2 aromatic rings. The number of hydrogen-bond donors (Lipinski definition) is 2. The van der Waals surface area contributed by atoms with E-state index in [2.05, 4.69) is 27.3 Å². The lowest BCUT2D eigenvalue weighted by Gasteiger charge is -2.13. The van der Waals surface area contributed by atoms with Gasteiger partial charge in [0, 0.05) is 9.61 Å². The minimum atomic E-state index is -3.61. The normalized spacial score (nSPS) is 12.9. The maximum Gasteiger partial charge on any atom is 0.261 e. The zero-order valence-electron chi connectivity index (χ0n) is 11.6. The average Bonchev–Trinajstić information content (AvgIpc) is 2.49. The van der Waals surface area contributed by atoms with Crippen LogP contribution < -0.4 is 10.5 Å². The van der Waals surface area contributed by atoms with Crippen LogP contribution in [0.15, 0.2) is 53.4 Å². The molecule has 1 atom stereocenters. The van der Waals surface area contributed by atoms with E-state index in [-0.39, 0.29) is 10.9 Å². The van der Waals surface area contributed by atoms with Crippen LogP contribution in [0.25, 0.3) is 0 Å². The molecule has 6 heteroatoms. The molecule has 21 heavy (non-hydrogen) atoms. The molecule has 0 saturated carbocycles. The highest BCUT2D eigenvalue weighted by atomic mass is 127. The third kappa shape index (κ3) is 3.96. The standard InChI is InChI=1S/C15H17IN2O2S/c1-2-14(17)11-6-5-7-12(10-11)21(19,20)18-15-9-4-3-8-13(15)16/h3-10,14,18H,2,17H2,1H3. The van der Waals surface area contributed by atoms with Crippen molar-refractivity contribution in [2.75, 3.05) is 4.72 Å². The first-order chi connectivity index (χ1) is 9.94. The molecule has 2 aromatic carbocycles. The number of benzene rings is 2. The van der Waals surface area contributed by atoms with Crippen LogP contribution in [0.3, 0.4) is 0 Å². The second kappa shape index (κ2) is 6.76. The highest BCUT2D eigenvalue weighted by molar-refractivity contribution is 14.1. The molecule has 2 rings (SSSR count). The topological polar surface area (TPSA) is 72.2 Å². The van der Waals surface area contributed by atoms with Crippen LogP contribution in [-0.4, -0.2) is 8.42 Å². The van der Waals surface area contributed by atoms with Crippen molar-refractivity contribution >= 4 is 38.3 Å². The third-order valence-electron chi connectivity index (χ3n) is 3.15. The van der Waals surface area contributed by atoms with E-state index in [4.69, 9.17) is 5.73 Å². The van der Waals surface area contributed by atoms with Gasteiger partial charge >= 0.3 is 0 Å². The monoisotopic (exact) mass is 416 g/mol. The summed E-state index contributed by atoms with van der Waals surface area (Å²) in [4.78, 5) is 0.226. The summed E-state index contributed by atoms with van der Waals surface area (Å²) in [7, 11) is -3.61. The van der Waals surface area contributed by atoms with Crippen molar-refractivity contribution in [3.05, 3.63) is 57.7 Å². The summed E-state index contributed by atoms with van der Waals surface area (Å²) in [5.74, 6) is 0. The van der Waals surface area contributed by atoms with Crippen LogP contribution >= 0.6 is 22.6 Å². The molecule has 0 amide bonds. The van der Waals surface area contributed by atoms with Crippen LogP contribution in [0.4, 0.5) is 5.69 Å². The lowest BCUT2D eigenvalue weighted by atomic mass is 10.1. The smallest absolute Gasteiger partial charge is 0.261 e. The molecule has 0 aliphatic heterocycles. The van der Waals surface area contributed by atoms with Crippen LogP contribution in [0, 0.1) is 3.57 Å². The van der Waals surface area contributed by atoms with E-state index in [1.807, 2.05) is 25.1 Å². The van der Waals surface area contributed by atoms with Crippen LogP contribution in [-0.2, 0) is 10.0 Å². The molecule has 0 saturated heterocycles. The summed E-state index contributed by atoms with van der Waals surface area (Å²) in [5.41, 5.74) is 7.36. The number of rotatable bonds is 5. The molecule has 0 spiro atoms. The Bertz CT molecular complexity index is 732. The van der Waals surface area contributed by atoms with E-state index in [1.165, 1.54) is 0 Å². The quantitative estimate of drug-likeness (QED) is 0.733. The maximum atomic E-state index is 12.5. The van der Waals surface area contributed by atoms with Crippen molar-refractivity contribution in [2.24, 2.45) is 5.73 Å². The van der Waals surface area contributed by atoms with Gasteiger partial charge in [-0.3, -0.25) is 4.72 Å². The minimum absolute atomic E-state index is 0.156. The van der Waals surface area contributed by atoms with Gasteiger partial charge in [-0.1, -0.05) is 31.2 Å². The highest BCUT2D eigenvalue weighted by Gasteiger charge is 2.16. The molecular formula is C15H17IN2O2S. The van der Waals surface area contributed by atoms with E-state index in [0.29, 0.717) is 5.69 Å². The molecule has 112 valence electrons. The number of nitrogens with one attached hydrogen (secondary N) is 1. The van der Waals surface area contributed by atoms with Gasteiger partial charge < -0.3 is 5.73 Å². The van der Waals surface area contributed by atoms with Gasteiger partial charge in [0.15, 0.2) is 0 Å². The second-order valence-electron chi connectivity index (χ2n) is 4.67. The van der Waals surface area contributed by atoms with Gasteiger partial charge in [-0.05, 0) is 58.8 Å². The SMILES string of the molecule is CCC(N)c1cccc(S(=O)(=O)Nc2ccccc2I)c1. The number of nitrogens with two attached hydrogens (primary N) is 1. The second-order valence-corrected chi connectivity index (χ2v) is 7.52. The van der Waals surface area contributed by atoms with E-state index in [0.717, 1.165) is 15.6 Å². The van der Waals surface area contributed by atoms with Gasteiger partial charge in [-0.25, -0.2) is 8.42 Å². The van der Waals surface area contributed by atoms with E-state index < -0.39 is 10.0 Å². The number of anilines is 1. The third-order valence-corrected chi connectivity index (χ3v) is 5.46. The lowest BCUT2D eigenvalue weighted by Crippen LogP contribution is -2.15. The summed E-state index contributed by atoms with van der Waals surface area (Å²) in [6.07, 6.45) is 0.757. The van der Waals surface area contributed by atoms with E-state index >= 15 is 0 Å². The molecule has 1 unspecified atom stereocenters. The van der Waals surface area contributed by atoms with Crippen molar-refractivity contribution < 1.29 is 8.42 Å². The summed E-state index contributed by atoms with van der Waals surface area (Å²) in [6, 6.07) is 13.9. The van der Waals surface area contributed by atoms with Crippen LogP contribution in [0.1, 0.15) is 24.9 Å². The Balaban J connectivity index is 2.34. The van der Waals surface area contributed by atoms with Crippen molar-refractivity contribution in [3.63, 3.8) is 0 Å². The zero-order valence-corrected chi connectivity index (χ0v) is 14.6. The fourth-order valence-corrected chi connectivity index (χ4v) is 3.74. The lowest BCUT2D eigenvalue weighted by molar-refractivity contribution is 0.600. The van der Waals surface area contributed by atoms with Crippen LogP contribution in [0.5, 0.6) is 0 Å². The molecule has 0 aliphatic carbocycles. The molecular weight excluding hydrogens is 399 g/mol. The van der Waals surface area contributed by atoms with Gasteiger partial charge in [0.25, 0.3) is 10.0 Å². The van der Waals surface area contributed by atoms with Gasteiger partial charge in [0.1, 0.15) is 0 Å². The molecule has 0 heterocycles. The van der Waals surface area contributed by atoms with E-state index in [9.17, 15) is 8.42 Å². The average molecular weight is 416 g/mol. The van der Waals surface area contributed by atoms with Crippen molar-refractivity contribution in [1.29, 1.82) is 0 Å². The minimum Gasteiger partial charge on any atom is -0.324 e. The largest absolute Gasteiger partial charge is 0.324 e. The maximum absolute atomic E-state index is 12.5. The summed E-state index contributed by atoms with van der Waals surface area (Å²) in [5, 5.41) is 0. The Morgan fingerprint density at radius 2 is 1.90 bits per heavy atom. The number of hydrogen-bond acceptors (Lipinski definition) is 3. The van der Waals surface area contributed by atoms with Crippen molar-refractivity contribution in [3.8, 4) is 0 Å². The zero-order chi connectivity index (χ0) is 15.5. The molecule has 0 aromatic heterocycles. The summed E-state index contributed by atoms with van der Waals surface area (Å²) in [6.45, 7) is 1.97. The summed E-state index contributed by atoms with van der Waals surface area (Å²) >= 11 is 2.10. The number of para-hydroxylation sites is 1. The Labute approximate surface area is 138 Å². The predicted molar refractivity (Wildman–Crippen MR) is 93.6 cm³/mol. The van der Waals surface area contributed by atoms with Gasteiger partial charge in [-0.2, -0.15) is 0 Å². The number of sulfonamides is 1. The van der Waals surface area contributed by atoms with Gasteiger partial charge in [0.2, 0.25) is 0 Å². The van der Waals surface area contributed by atoms with E-state index in [1.54, 1.807) is 30.3 Å². The van der Waals surface area contributed by atoms with Gasteiger partial charge in [0.05, 0.1) is 10.6 Å². The fraction of sp³-hybridized carbons (Fsp3) is 0.200. The fourth-order valence-electron chi connectivity index (χ4n) is 1.90. The highest BCUT2D eigenvalue weighted by Crippen LogP contribution is 2.23. The first-order valence-electron chi connectivity index (χ1n) is 6.57. The number of halogens is 1. The first-order valence-corrected chi connectivity index (χ1v) is 9.13. The predicted octanol–water partition coefficient (Wildman–Crippen LogP) is 3.50.